The molecule has 0 spiro atoms. The fourth-order valence-electron chi connectivity index (χ4n) is 3.33. The maximum absolute atomic E-state index is 13.1. The predicted octanol–water partition coefficient (Wildman–Crippen LogP) is 3.40. The van der Waals surface area contributed by atoms with E-state index >= 15 is 0 Å². The number of hydrogen-bond donors (Lipinski definition) is 0. The van der Waals surface area contributed by atoms with Crippen LogP contribution in [-0.4, -0.2) is 24.4 Å². The largest absolute Gasteiger partial charge is 0.293 e. The minimum atomic E-state index is -0.177. The lowest BCUT2D eigenvalue weighted by molar-refractivity contribution is 0.561. The number of rotatable bonds is 2. The molecule has 0 amide bonds. The normalized spacial score (nSPS) is 12.2. The molecule has 4 rings (SSSR count). The van der Waals surface area contributed by atoms with E-state index in [1.54, 1.807) is 0 Å². The van der Waals surface area contributed by atoms with Crippen molar-refractivity contribution in [1.29, 1.82) is 0 Å². The molecule has 3 heterocycles. The molecule has 0 unspecified atom stereocenters. The number of aromatic nitrogens is 5. The van der Waals surface area contributed by atoms with Gasteiger partial charge in [0.05, 0.1) is 28.8 Å². The maximum atomic E-state index is 13.1. The Morgan fingerprint density at radius 1 is 1.04 bits per heavy atom. The Morgan fingerprint density at radius 2 is 1.74 bits per heavy atom. The van der Waals surface area contributed by atoms with Crippen LogP contribution in [-0.2, 0) is 12.0 Å². The van der Waals surface area contributed by atoms with Crippen molar-refractivity contribution in [1.82, 2.24) is 24.4 Å². The van der Waals surface area contributed by atoms with Gasteiger partial charge in [-0.05, 0) is 25.5 Å². The lowest BCUT2D eigenvalue weighted by Gasteiger charge is -2.13. The molecule has 0 aliphatic carbocycles. The third kappa shape index (κ3) is 2.91. The summed E-state index contributed by atoms with van der Waals surface area (Å²) < 4.78 is 3.32. The third-order valence-corrected chi connectivity index (χ3v) is 4.80. The van der Waals surface area contributed by atoms with E-state index in [9.17, 15) is 4.79 Å². The average Bonchev–Trinajstić information content (AvgIpc) is 3.06. The van der Waals surface area contributed by atoms with Gasteiger partial charge < -0.3 is 0 Å². The summed E-state index contributed by atoms with van der Waals surface area (Å²) in [6, 6.07) is 11.9. The first kappa shape index (κ1) is 17.4. The number of aryl methyl sites for hydroxylation is 2. The molecular formula is C21H23N5O. The molecule has 0 radical (unpaired) electrons. The van der Waals surface area contributed by atoms with Crippen molar-refractivity contribution < 1.29 is 0 Å². The topological polar surface area (TPSA) is 65.1 Å². The van der Waals surface area contributed by atoms with Gasteiger partial charge in [-0.3, -0.25) is 4.79 Å². The van der Waals surface area contributed by atoms with Crippen LogP contribution < -0.4 is 5.56 Å². The summed E-state index contributed by atoms with van der Waals surface area (Å²) in [5, 5.41) is 10.1. The van der Waals surface area contributed by atoms with E-state index in [4.69, 9.17) is 5.10 Å². The summed E-state index contributed by atoms with van der Waals surface area (Å²) in [6.07, 6.45) is 0. The van der Waals surface area contributed by atoms with Crippen molar-refractivity contribution >= 4 is 16.4 Å². The lowest BCUT2D eigenvalue weighted by atomic mass is 9.92. The number of hydrogen-bond acceptors (Lipinski definition) is 4. The van der Waals surface area contributed by atoms with Crippen LogP contribution in [0, 0.1) is 13.8 Å². The summed E-state index contributed by atoms with van der Waals surface area (Å²) in [6.45, 7) is 10.6. The molecule has 3 aromatic heterocycles. The fraction of sp³-hybridized carbons (Fsp3) is 0.333. The monoisotopic (exact) mass is 361 g/mol. The number of fused-ring (bicyclic) bond motifs is 3. The third-order valence-electron chi connectivity index (χ3n) is 4.80. The Balaban J connectivity index is 1.99. The van der Waals surface area contributed by atoms with Gasteiger partial charge in [-0.25, -0.2) is 14.2 Å². The first-order valence-electron chi connectivity index (χ1n) is 9.08. The van der Waals surface area contributed by atoms with Crippen molar-refractivity contribution in [2.75, 3.05) is 0 Å². The van der Waals surface area contributed by atoms with Crippen LogP contribution in [0.3, 0.4) is 0 Å². The van der Waals surface area contributed by atoms with E-state index < -0.39 is 0 Å². The molecule has 0 fully saturated rings. The molecule has 0 aliphatic rings. The van der Waals surface area contributed by atoms with Crippen LogP contribution >= 0.6 is 0 Å². The molecule has 0 N–H and O–H groups in total. The van der Waals surface area contributed by atoms with E-state index in [-0.39, 0.29) is 11.0 Å². The highest BCUT2D eigenvalue weighted by molar-refractivity contribution is 5.94. The zero-order valence-corrected chi connectivity index (χ0v) is 16.3. The fourth-order valence-corrected chi connectivity index (χ4v) is 3.33. The van der Waals surface area contributed by atoms with Crippen LogP contribution in [0.25, 0.3) is 16.4 Å². The molecule has 0 aliphatic heterocycles. The zero-order valence-electron chi connectivity index (χ0n) is 16.3. The van der Waals surface area contributed by atoms with Gasteiger partial charge in [0, 0.05) is 5.41 Å². The molecule has 4 aromatic rings. The summed E-state index contributed by atoms with van der Waals surface area (Å²) >= 11 is 0. The molecule has 27 heavy (non-hydrogen) atoms. The Morgan fingerprint density at radius 3 is 2.41 bits per heavy atom. The summed E-state index contributed by atoms with van der Waals surface area (Å²) in [4.78, 5) is 17.7. The van der Waals surface area contributed by atoms with Crippen molar-refractivity contribution in [2.45, 2.75) is 46.6 Å². The van der Waals surface area contributed by atoms with Crippen LogP contribution in [0.1, 0.15) is 43.5 Å². The SMILES string of the molecule is Cc1nn(Cc2ccccc2)c(=O)c2nc(C)n3nc(C(C)(C)C)cc3c12. The van der Waals surface area contributed by atoms with Gasteiger partial charge >= 0.3 is 0 Å². The highest BCUT2D eigenvalue weighted by atomic mass is 16.1. The van der Waals surface area contributed by atoms with E-state index in [0.717, 1.165) is 27.9 Å². The summed E-state index contributed by atoms with van der Waals surface area (Å²) in [5.41, 5.74) is 3.84. The first-order valence-corrected chi connectivity index (χ1v) is 9.08. The van der Waals surface area contributed by atoms with Crippen LogP contribution in [0.5, 0.6) is 0 Å². The molecule has 0 bridgehead atoms. The number of nitrogens with zero attached hydrogens (tertiary/aromatic N) is 5. The van der Waals surface area contributed by atoms with E-state index in [1.807, 2.05) is 54.8 Å². The van der Waals surface area contributed by atoms with Crippen LogP contribution in [0.4, 0.5) is 0 Å². The van der Waals surface area contributed by atoms with E-state index in [0.29, 0.717) is 17.9 Å². The van der Waals surface area contributed by atoms with Crippen molar-refractivity contribution in [3.8, 4) is 0 Å². The highest BCUT2D eigenvalue weighted by Crippen LogP contribution is 2.26. The van der Waals surface area contributed by atoms with Gasteiger partial charge in [0.25, 0.3) is 5.56 Å². The predicted molar refractivity (Wildman–Crippen MR) is 106 cm³/mol. The van der Waals surface area contributed by atoms with Gasteiger partial charge in [0.15, 0.2) is 0 Å². The van der Waals surface area contributed by atoms with Gasteiger partial charge in [0.2, 0.25) is 0 Å². The van der Waals surface area contributed by atoms with Gasteiger partial charge in [-0.15, -0.1) is 0 Å². The Hall–Kier alpha value is -3.02. The molecule has 0 saturated carbocycles. The van der Waals surface area contributed by atoms with E-state index in [1.165, 1.54) is 4.68 Å². The average molecular weight is 361 g/mol. The van der Waals surface area contributed by atoms with Gasteiger partial charge in [-0.1, -0.05) is 51.1 Å². The van der Waals surface area contributed by atoms with Crippen molar-refractivity contribution in [3.63, 3.8) is 0 Å². The molecule has 0 saturated heterocycles. The number of benzene rings is 1. The van der Waals surface area contributed by atoms with Crippen molar-refractivity contribution in [3.05, 3.63) is 69.5 Å². The van der Waals surface area contributed by atoms with Crippen LogP contribution in [0.2, 0.25) is 0 Å². The minimum absolute atomic E-state index is 0.0889. The highest BCUT2D eigenvalue weighted by Gasteiger charge is 2.22. The molecule has 138 valence electrons. The Labute approximate surface area is 157 Å². The Kier molecular flexibility index (Phi) is 3.87. The zero-order chi connectivity index (χ0) is 19.3. The second kappa shape index (κ2) is 6.01. The first-order chi connectivity index (χ1) is 12.8. The van der Waals surface area contributed by atoms with E-state index in [2.05, 4.69) is 30.9 Å². The maximum Gasteiger partial charge on any atom is 0.293 e. The summed E-state index contributed by atoms with van der Waals surface area (Å²) in [7, 11) is 0. The molecule has 1 aromatic carbocycles. The second-order valence-electron chi connectivity index (χ2n) is 7.99. The summed E-state index contributed by atoms with van der Waals surface area (Å²) in [5.74, 6) is 0.696. The molecule has 0 atom stereocenters. The quantitative estimate of drug-likeness (QED) is 0.549. The molecule has 6 nitrogen and oxygen atoms in total. The van der Waals surface area contributed by atoms with Gasteiger partial charge in [0.1, 0.15) is 11.3 Å². The molecular weight excluding hydrogens is 338 g/mol. The Bertz CT molecular complexity index is 1210. The second-order valence-corrected chi connectivity index (χ2v) is 7.99. The standard InChI is InChI=1S/C21H23N5O/c1-13-18-16-11-17(21(3,4)5)24-26(16)14(2)22-19(18)20(27)25(23-13)12-15-9-7-6-8-10-15/h6-11H,12H2,1-5H3. The van der Waals surface area contributed by atoms with Crippen molar-refractivity contribution in [2.24, 2.45) is 0 Å². The van der Waals surface area contributed by atoms with Crippen LogP contribution in [0.15, 0.2) is 41.2 Å². The van der Waals surface area contributed by atoms with Gasteiger partial charge in [-0.2, -0.15) is 10.2 Å². The lowest BCUT2D eigenvalue weighted by Crippen LogP contribution is -2.26. The molecule has 6 heteroatoms. The smallest absolute Gasteiger partial charge is 0.265 e. The minimum Gasteiger partial charge on any atom is -0.265 e.